The number of thioether (sulfide) groups is 1. The Kier molecular flexibility index (Phi) is 7.37. The topological polar surface area (TPSA) is 82.7 Å². The van der Waals surface area contributed by atoms with Crippen molar-refractivity contribution < 1.29 is 14.2 Å². The zero-order valence-electron chi connectivity index (χ0n) is 19.6. The van der Waals surface area contributed by atoms with Crippen LogP contribution < -0.4 is 19.9 Å². The van der Waals surface area contributed by atoms with E-state index in [1.54, 1.807) is 18.9 Å². The van der Waals surface area contributed by atoms with E-state index in [9.17, 15) is 0 Å². The third kappa shape index (κ3) is 5.56. The van der Waals surface area contributed by atoms with Gasteiger partial charge in [-0.2, -0.15) is 0 Å². The second-order valence-electron chi connectivity index (χ2n) is 8.94. The number of nitrogens with zero attached hydrogens (tertiary/aromatic N) is 3. The summed E-state index contributed by atoms with van der Waals surface area (Å²) in [5.41, 5.74) is 9.61. The second kappa shape index (κ2) is 10.8. The number of fused-ring (bicyclic) bond motifs is 2. The van der Waals surface area contributed by atoms with E-state index in [1.165, 1.54) is 5.56 Å². The zero-order chi connectivity index (χ0) is 23.3. The van der Waals surface area contributed by atoms with E-state index < -0.39 is 0 Å². The Morgan fingerprint density at radius 3 is 2.74 bits per heavy atom. The molecule has 0 bridgehead atoms. The molecule has 2 N–H and O–H groups in total. The standard InChI is InChI=1S/C26H32N4O3S/c1-31-20-3-4-22-23(16-20)29-26(17-28-22)34-13-10-30-8-6-19(7-9-30)21(27)14-18-2-5-24-25(15-18)33-12-11-32-24/h2-5,15-17,19,21H,6-14,27H2,1H3. The smallest absolute Gasteiger partial charge is 0.161 e. The second-order valence-corrected chi connectivity index (χ2v) is 10.1. The number of hydrogen-bond acceptors (Lipinski definition) is 8. The highest BCUT2D eigenvalue weighted by Gasteiger charge is 2.25. The lowest BCUT2D eigenvalue weighted by Gasteiger charge is -2.34. The van der Waals surface area contributed by atoms with E-state index in [0.717, 1.165) is 78.0 Å². The molecule has 0 radical (unpaired) electrons. The molecular formula is C26H32N4O3S. The van der Waals surface area contributed by atoms with E-state index in [-0.39, 0.29) is 6.04 Å². The van der Waals surface area contributed by atoms with E-state index in [4.69, 9.17) is 24.9 Å². The highest BCUT2D eigenvalue weighted by molar-refractivity contribution is 7.99. The van der Waals surface area contributed by atoms with Crippen molar-refractivity contribution in [1.29, 1.82) is 0 Å². The Labute approximate surface area is 205 Å². The van der Waals surface area contributed by atoms with Gasteiger partial charge in [0.25, 0.3) is 0 Å². The Morgan fingerprint density at radius 1 is 1.09 bits per heavy atom. The van der Waals surface area contributed by atoms with Crippen LogP contribution in [0.25, 0.3) is 11.0 Å². The van der Waals surface area contributed by atoms with Crippen molar-refractivity contribution in [2.75, 3.05) is 45.7 Å². The molecule has 2 aromatic carbocycles. The zero-order valence-corrected chi connectivity index (χ0v) is 20.4. The maximum Gasteiger partial charge on any atom is 0.161 e. The van der Waals surface area contributed by atoms with Crippen LogP contribution in [0.4, 0.5) is 0 Å². The van der Waals surface area contributed by atoms with E-state index in [0.29, 0.717) is 19.1 Å². The lowest BCUT2D eigenvalue weighted by Crippen LogP contribution is -2.42. The Bertz CT molecular complexity index is 1120. The van der Waals surface area contributed by atoms with E-state index >= 15 is 0 Å². The highest BCUT2D eigenvalue weighted by Crippen LogP contribution is 2.32. The number of methoxy groups -OCH3 is 1. The van der Waals surface area contributed by atoms with E-state index in [1.807, 2.05) is 30.5 Å². The third-order valence-corrected chi connectivity index (χ3v) is 7.58. The predicted octanol–water partition coefficient (Wildman–Crippen LogP) is 3.78. The summed E-state index contributed by atoms with van der Waals surface area (Å²) in [7, 11) is 1.67. The molecule has 1 fully saturated rings. The molecule has 3 heterocycles. The number of hydrogen-bond donors (Lipinski definition) is 1. The average molecular weight is 481 g/mol. The summed E-state index contributed by atoms with van der Waals surface area (Å²) in [6, 6.07) is 12.2. The van der Waals surface area contributed by atoms with Crippen molar-refractivity contribution in [3.63, 3.8) is 0 Å². The fourth-order valence-electron chi connectivity index (χ4n) is 4.71. The lowest BCUT2D eigenvalue weighted by atomic mass is 9.86. The summed E-state index contributed by atoms with van der Waals surface area (Å²) in [5, 5.41) is 0.956. The van der Waals surface area contributed by atoms with Gasteiger partial charge >= 0.3 is 0 Å². The van der Waals surface area contributed by atoms with Crippen LogP contribution in [0.1, 0.15) is 18.4 Å². The number of likely N-dealkylation sites (tertiary alicyclic amines) is 1. The van der Waals surface area contributed by atoms with Gasteiger partial charge in [-0.25, -0.2) is 4.98 Å². The molecule has 8 heteroatoms. The Morgan fingerprint density at radius 2 is 1.91 bits per heavy atom. The molecule has 5 rings (SSSR count). The monoisotopic (exact) mass is 480 g/mol. The van der Waals surface area contributed by atoms with Gasteiger partial charge in [0, 0.05) is 24.4 Å². The highest BCUT2D eigenvalue weighted by atomic mass is 32.2. The van der Waals surface area contributed by atoms with Crippen molar-refractivity contribution in [2.24, 2.45) is 11.7 Å². The summed E-state index contributed by atoms with van der Waals surface area (Å²) >= 11 is 1.76. The van der Waals surface area contributed by atoms with E-state index in [2.05, 4.69) is 22.0 Å². The first-order valence-electron chi connectivity index (χ1n) is 12.0. The minimum absolute atomic E-state index is 0.170. The number of nitrogens with two attached hydrogens (primary N) is 1. The Balaban J connectivity index is 1.07. The van der Waals surface area contributed by atoms with Gasteiger partial charge in [0.1, 0.15) is 24.0 Å². The van der Waals surface area contributed by atoms with Crippen LogP contribution in [0.3, 0.4) is 0 Å². The molecule has 0 saturated carbocycles. The normalized spacial score (nSPS) is 17.6. The lowest BCUT2D eigenvalue weighted by molar-refractivity contribution is 0.170. The first kappa shape index (κ1) is 23.2. The van der Waals surface area contributed by atoms with Gasteiger partial charge in [0.2, 0.25) is 0 Å². The summed E-state index contributed by atoms with van der Waals surface area (Å²) in [4.78, 5) is 11.8. The number of aromatic nitrogens is 2. The number of piperidine rings is 1. The number of ether oxygens (including phenoxy) is 3. The average Bonchev–Trinajstić information content (AvgIpc) is 2.88. The number of benzene rings is 2. The molecule has 0 spiro atoms. The van der Waals surface area contributed by atoms with Crippen molar-refractivity contribution in [3.8, 4) is 17.2 Å². The molecule has 34 heavy (non-hydrogen) atoms. The minimum atomic E-state index is 0.170. The number of rotatable bonds is 8. The summed E-state index contributed by atoms with van der Waals surface area (Å²) < 4.78 is 16.6. The van der Waals surface area contributed by atoms with Gasteiger partial charge in [-0.15, -0.1) is 11.8 Å². The molecular weight excluding hydrogens is 448 g/mol. The maximum atomic E-state index is 6.63. The first-order chi connectivity index (χ1) is 16.7. The van der Waals surface area contributed by atoms with Crippen LogP contribution in [0.5, 0.6) is 17.2 Å². The molecule has 1 saturated heterocycles. The van der Waals surface area contributed by atoms with Gasteiger partial charge in [0.15, 0.2) is 11.5 Å². The van der Waals surface area contributed by atoms with Crippen LogP contribution >= 0.6 is 11.8 Å². The van der Waals surface area contributed by atoms with Gasteiger partial charge < -0.3 is 24.8 Å². The first-order valence-corrected chi connectivity index (χ1v) is 13.0. The third-order valence-electron chi connectivity index (χ3n) is 6.70. The van der Waals surface area contributed by atoms with Crippen LogP contribution in [0.15, 0.2) is 47.6 Å². The van der Waals surface area contributed by atoms with Crippen LogP contribution in [-0.2, 0) is 6.42 Å². The van der Waals surface area contributed by atoms with Crippen LogP contribution in [0, 0.1) is 5.92 Å². The largest absolute Gasteiger partial charge is 0.497 e. The van der Waals surface area contributed by atoms with Gasteiger partial charge in [0.05, 0.1) is 24.3 Å². The Hall–Kier alpha value is -2.55. The van der Waals surface area contributed by atoms with Crippen molar-refractivity contribution in [3.05, 3.63) is 48.2 Å². The van der Waals surface area contributed by atoms with Crippen molar-refractivity contribution in [2.45, 2.75) is 30.3 Å². The molecule has 2 aliphatic heterocycles. The maximum absolute atomic E-state index is 6.63. The van der Waals surface area contributed by atoms with Gasteiger partial charge in [-0.05, 0) is 68.1 Å². The molecule has 1 atom stereocenters. The van der Waals surface area contributed by atoms with Crippen molar-refractivity contribution >= 4 is 22.8 Å². The summed E-state index contributed by atoms with van der Waals surface area (Å²) in [6.45, 7) is 4.48. The molecule has 0 amide bonds. The summed E-state index contributed by atoms with van der Waals surface area (Å²) in [5.74, 6) is 4.04. The van der Waals surface area contributed by atoms with Crippen molar-refractivity contribution in [1.82, 2.24) is 14.9 Å². The van der Waals surface area contributed by atoms with Gasteiger partial charge in [-0.1, -0.05) is 6.07 Å². The fraction of sp³-hybridized carbons (Fsp3) is 0.462. The minimum Gasteiger partial charge on any atom is -0.497 e. The summed E-state index contributed by atoms with van der Waals surface area (Å²) in [6.07, 6.45) is 5.03. The molecule has 1 aromatic heterocycles. The molecule has 3 aromatic rings. The molecule has 7 nitrogen and oxygen atoms in total. The quantitative estimate of drug-likeness (QED) is 0.488. The fourth-order valence-corrected chi connectivity index (χ4v) is 5.56. The molecule has 0 aliphatic carbocycles. The molecule has 180 valence electrons. The van der Waals surface area contributed by atoms with Crippen LogP contribution in [0.2, 0.25) is 0 Å². The molecule has 1 unspecified atom stereocenters. The molecule has 2 aliphatic rings. The predicted molar refractivity (Wildman–Crippen MR) is 135 cm³/mol. The van der Waals surface area contributed by atoms with Gasteiger partial charge in [-0.3, -0.25) is 4.98 Å². The SMILES string of the molecule is COc1ccc2ncc(SCCN3CCC(C(N)Cc4ccc5c(c4)OCCO5)CC3)nc2c1. The van der Waals surface area contributed by atoms with Crippen LogP contribution in [-0.4, -0.2) is 66.6 Å².